The zero-order valence-corrected chi connectivity index (χ0v) is 15.5. The Labute approximate surface area is 152 Å². The van der Waals surface area contributed by atoms with Gasteiger partial charge in [0.05, 0.1) is 36.6 Å². The third-order valence-corrected chi connectivity index (χ3v) is 5.85. The second-order valence-electron chi connectivity index (χ2n) is 5.85. The fourth-order valence-electron chi connectivity index (χ4n) is 2.98. The number of halogens is 1. The number of carbonyl (C=O) groups excluding carboxylic acids is 1. The molecule has 2 aliphatic rings. The molecule has 1 amide bonds. The molecule has 1 aromatic carbocycles. The first kappa shape index (κ1) is 16.3. The second kappa shape index (κ2) is 6.95. The van der Waals surface area contributed by atoms with Crippen LogP contribution >= 0.6 is 27.3 Å². The molecular weight excluding hydrogens is 394 g/mol. The number of fused-ring (bicyclic) bond motifs is 1. The van der Waals surface area contributed by atoms with E-state index in [1.165, 1.54) is 0 Å². The average Bonchev–Trinajstić information content (AvgIpc) is 3.05. The Kier molecular flexibility index (Phi) is 4.71. The Morgan fingerprint density at radius 3 is 2.92 bits per heavy atom. The number of aromatic nitrogens is 1. The van der Waals surface area contributed by atoms with Crippen LogP contribution in [0.3, 0.4) is 0 Å². The molecule has 1 aromatic heterocycles. The SMILES string of the molecule is O=C(C1CN(c2nc3ccc(Br)cc3s2)CCO1)N1CCOCC1. The topological polar surface area (TPSA) is 54.9 Å². The second-order valence-corrected chi connectivity index (χ2v) is 7.78. The minimum atomic E-state index is -0.421. The Bertz CT molecular complexity index is 747. The monoisotopic (exact) mass is 411 g/mol. The van der Waals surface area contributed by atoms with E-state index in [1.54, 1.807) is 11.3 Å². The van der Waals surface area contributed by atoms with Gasteiger partial charge < -0.3 is 19.3 Å². The molecule has 0 aliphatic carbocycles. The lowest BCUT2D eigenvalue weighted by molar-refractivity contribution is -0.148. The van der Waals surface area contributed by atoms with Crippen molar-refractivity contribution in [1.82, 2.24) is 9.88 Å². The molecule has 2 aliphatic heterocycles. The minimum absolute atomic E-state index is 0.0619. The molecule has 6 nitrogen and oxygen atoms in total. The number of morpholine rings is 2. The van der Waals surface area contributed by atoms with E-state index in [9.17, 15) is 4.79 Å². The predicted molar refractivity (Wildman–Crippen MR) is 96.7 cm³/mol. The van der Waals surface area contributed by atoms with Crippen molar-refractivity contribution in [2.24, 2.45) is 0 Å². The van der Waals surface area contributed by atoms with Gasteiger partial charge in [0.2, 0.25) is 0 Å². The van der Waals surface area contributed by atoms with Crippen molar-refractivity contribution >= 4 is 48.5 Å². The molecule has 0 N–H and O–H groups in total. The van der Waals surface area contributed by atoms with E-state index < -0.39 is 6.10 Å². The first-order valence-corrected chi connectivity index (χ1v) is 9.61. The van der Waals surface area contributed by atoms with Gasteiger partial charge in [0.25, 0.3) is 5.91 Å². The summed E-state index contributed by atoms with van der Waals surface area (Å²) < 4.78 is 13.2. The molecule has 3 heterocycles. The summed E-state index contributed by atoms with van der Waals surface area (Å²) in [6.45, 7) is 4.36. The molecule has 1 atom stereocenters. The van der Waals surface area contributed by atoms with Crippen molar-refractivity contribution in [3.05, 3.63) is 22.7 Å². The summed E-state index contributed by atoms with van der Waals surface area (Å²) in [5.74, 6) is 0.0619. The number of hydrogen-bond donors (Lipinski definition) is 0. The number of ether oxygens (including phenoxy) is 2. The molecule has 128 valence electrons. The van der Waals surface area contributed by atoms with Crippen LogP contribution in [0.15, 0.2) is 22.7 Å². The van der Waals surface area contributed by atoms with Gasteiger partial charge in [-0.05, 0) is 18.2 Å². The predicted octanol–water partition coefficient (Wildman–Crippen LogP) is 2.12. The highest BCUT2D eigenvalue weighted by molar-refractivity contribution is 9.10. The Balaban J connectivity index is 1.50. The van der Waals surface area contributed by atoms with Gasteiger partial charge in [0.1, 0.15) is 0 Å². The van der Waals surface area contributed by atoms with E-state index in [0.717, 1.165) is 26.4 Å². The highest BCUT2D eigenvalue weighted by Gasteiger charge is 2.32. The van der Waals surface area contributed by atoms with Crippen molar-refractivity contribution in [3.8, 4) is 0 Å². The lowest BCUT2D eigenvalue weighted by Crippen LogP contribution is -2.53. The number of nitrogens with zero attached hydrogens (tertiary/aromatic N) is 3. The number of hydrogen-bond acceptors (Lipinski definition) is 6. The van der Waals surface area contributed by atoms with Crippen LogP contribution in [-0.4, -0.2) is 67.9 Å². The summed E-state index contributed by atoms with van der Waals surface area (Å²) in [4.78, 5) is 21.3. The van der Waals surface area contributed by atoms with Crippen molar-refractivity contribution in [1.29, 1.82) is 0 Å². The number of amides is 1. The van der Waals surface area contributed by atoms with Crippen LogP contribution in [-0.2, 0) is 14.3 Å². The largest absolute Gasteiger partial charge is 0.378 e. The van der Waals surface area contributed by atoms with Gasteiger partial charge in [-0.2, -0.15) is 0 Å². The third kappa shape index (κ3) is 3.28. The van der Waals surface area contributed by atoms with Gasteiger partial charge >= 0.3 is 0 Å². The summed E-state index contributed by atoms with van der Waals surface area (Å²) in [6.07, 6.45) is -0.421. The quantitative estimate of drug-likeness (QED) is 0.757. The third-order valence-electron chi connectivity index (χ3n) is 4.27. The maximum absolute atomic E-state index is 12.6. The summed E-state index contributed by atoms with van der Waals surface area (Å²) >= 11 is 5.15. The molecule has 8 heteroatoms. The van der Waals surface area contributed by atoms with E-state index >= 15 is 0 Å². The van der Waals surface area contributed by atoms with Gasteiger partial charge in [-0.15, -0.1) is 0 Å². The summed E-state index contributed by atoms with van der Waals surface area (Å²) in [7, 11) is 0. The summed E-state index contributed by atoms with van der Waals surface area (Å²) in [5.41, 5.74) is 0.987. The lowest BCUT2D eigenvalue weighted by atomic mass is 10.2. The molecule has 24 heavy (non-hydrogen) atoms. The lowest BCUT2D eigenvalue weighted by Gasteiger charge is -2.36. The van der Waals surface area contributed by atoms with Crippen LogP contribution in [0.1, 0.15) is 0 Å². The smallest absolute Gasteiger partial charge is 0.253 e. The first-order chi connectivity index (χ1) is 11.7. The fourth-order valence-corrected chi connectivity index (χ4v) is 4.53. The van der Waals surface area contributed by atoms with Gasteiger partial charge in [-0.25, -0.2) is 4.98 Å². The highest BCUT2D eigenvalue weighted by Crippen LogP contribution is 2.31. The maximum atomic E-state index is 12.6. The van der Waals surface area contributed by atoms with E-state index in [-0.39, 0.29) is 5.91 Å². The Morgan fingerprint density at radius 2 is 2.08 bits per heavy atom. The average molecular weight is 412 g/mol. The summed E-state index contributed by atoms with van der Waals surface area (Å²) in [5, 5.41) is 0.950. The van der Waals surface area contributed by atoms with Gasteiger partial charge in [0.15, 0.2) is 11.2 Å². The molecule has 2 saturated heterocycles. The first-order valence-electron chi connectivity index (χ1n) is 8.00. The molecule has 1 unspecified atom stereocenters. The Hall–Kier alpha value is -1.22. The highest BCUT2D eigenvalue weighted by atomic mass is 79.9. The van der Waals surface area contributed by atoms with E-state index in [2.05, 4.69) is 26.9 Å². The Morgan fingerprint density at radius 1 is 1.25 bits per heavy atom. The molecular formula is C16H18BrN3O3S. The van der Waals surface area contributed by atoms with Gasteiger partial charge in [-0.3, -0.25) is 4.79 Å². The molecule has 0 saturated carbocycles. The van der Waals surface area contributed by atoms with E-state index in [4.69, 9.17) is 14.5 Å². The molecule has 0 spiro atoms. The number of thiazole rings is 1. The van der Waals surface area contributed by atoms with Crippen molar-refractivity contribution in [3.63, 3.8) is 0 Å². The van der Waals surface area contributed by atoms with Crippen LogP contribution in [0.5, 0.6) is 0 Å². The van der Waals surface area contributed by atoms with E-state index in [0.29, 0.717) is 39.5 Å². The van der Waals surface area contributed by atoms with Crippen LogP contribution in [0.2, 0.25) is 0 Å². The van der Waals surface area contributed by atoms with Crippen LogP contribution in [0, 0.1) is 0 Å². The van der Waals surface area contributed by atoms with Crippen molar-refractivity contribution in [2.75, 3.05) is 50.9 Å². The normalized spacial score (nSPS) is 22.1. The van der Waals surface area contributed by atoms with Crippen molar-refractivity contribution in [2.45, 2.75) is 6.10 Å². The molecule has 2 aromatic rings. The van der Waals surface area contributed by atoms with Gasteiger partial charge in [0, 0.05) is 24.1 Å². The number of anilines is 1. The van der Waals surface area contributed by atoms with Crippen LogP contribution in [0.4, 0.5) is 5.13 Å². The van der Waals surface area contributed by atoms with E-state index in [1.807, 2.05) is 17.0 Å². The number of rotatable bonds is 2. The van der Waals surface area contributed by atoms with Gasteiger partial charge in [-0.1, -0.05) is 27.3 Å². The standard InChI is InChI=1S/C16H18BrN3O3S/c17-11-1-2-12-14(9-11)24-16(18-12)20-5-8-23-13(10-20)15(21)19-3-6-22-7-4-19/h1-2,9,13H,3-8,10H2. The molecule has 2 fully saturated rings. The number of carbonyl (C=O) groups is 1. The number of benzene rings is 1. The van der Waals surface area contributed by atoms with Crippen LogP contribution in [0.25, 0.3) is 10.2 Å². The summed E-state index contributed by atoms with van der Waals surface area (Å²) in [6, 6.07) is 6.08. The fraction of sp³-hybridized carbons (Fsp3) is 0.500. The maximum Gasteiger partial charge on any atom is 0.253 e. The molecule has 0 radical (unpaired) electrons. The van der Waals surface area contributed by atoms with Crippen molar-refractivity contribution < 1.29 is 14.3 Å². The zero-order chi connectivity index (χ0) is 16.5. The van der Waals surface area contributed by atoms with Crippen LogP contribution < -0.4 is 4.90 Å². The molecule has 0 bridgehead atoms. The molecule has 4 rings (SSSR count). The zero-order valence-electron chi connectivity index (χ0n) is 13.1. The minimum Gasteiger partial charge on any atom is -0.378 e.